The summed E-state index contributed by atoms with van der Waals surface area (Å²) in [6.45, 7) is 13.4. The van der Waals surface area contributed by atoms with Gasteiger partial charge in [0.1, 0.15) is 0 Å². The predicted molar refractivity (Wildman–Crippen MR) is 340 cm³/mol. The largest absolute Gasteiger partial charge is 0.330 e. The quantitative estimate of drug-likeness (QED) is 0.0382. The molecule has 1 atom stereocenters. The summed E-state index contributed by atoms with van der Waals surface area (Å²) in [4.78, 5) is 8.44. The van der Waals surface area contributed by atoms with Gasteiger partial charge in [0, 0.05) is 19.1 Å². The molecule has 0 spiro atoms. The Morgan fingerprint density at radius 2 is 0.440 bits per heavy atom. The number of unbranched alkanes of at least 4 members (excludes halogenated alkanes) is 47. The highest BCUT2D eigenvalue weighted by molar-refractivity contribution is 4.79. The molecule has 8 nitrogen and oxygen atoms in total. The zero-order chi connectivity index (χ0) is 54.3. The van der Waals surface area contributed by atoms with Crippen molar-refractivity contribution in [2.75, 3.05) is 92.6 Å². The third kappa shape index (κ3) is 61.2. The molecule has 0 aliphatic rings. The van der Waals surface area contributed by atoms with Gasteiger partial charge in [-0.1, -0.05) is 270 Å². The van der Waals surface area contributed by atoms with Gasteiger partial charge >= 0.3 is 0 Å². The lowest BCUT2D eigenvalue weighted by molar-refractivity contribution is 0.108. The topological polar surface area (TPSA) is 126 Å². The van der Waals surface area contributed by atoms with Crippen molar-refractivity contribution in [1.29, 1.82) is 0 Å². The minimum absolute atomic E-state index is 0.623. The Labute approximate surface area is 473 Å². The van der Waals surface area contributed by atoms with Crippen LogP contribution in [0, 0.1) is 0 Å². The molecule has 75 heavy (non-hydrogen) atoms. The minimum Gasteiger partial charge on any atom is -0.330 e. The van der Waals surface area contributed by atoms with Gasteiger partial charge in [-0.05, 0) is 144 Å². The highest BCUT2D eigenvalue weighted by Gasteiger charge is 2.22. The summed E-state index contributed by atoms with van der Waals surface area (Å²) >= 11 is 0. The van der Waals surface area contributed by atoms with Gasteiger partial charge in [0.2, 0.25) is 0 Å². The van der Waals surface area contributed by atoms with Gasteiger partial charge in [0.25, 0.3) is 0 Å². The zero-order valence-electron chi connectivity index (χ0n) is 52.0. The first kappa shape index (κ1) is 74.7. The van der Waals surface area contributed by atoms with E-state index in [0.29, 0.717) is 6.04 Å². The number of nitrogens with zero attached hydrogens (tertiary/aromatic N) is 3. The van der Waals surface area contributed by atoms with Gasteiger partial charge in [-0.2, -0.15) is 0 Å². The van der Waals surface area contributed by atoms with Crippen LogP contribution in [0.2, 0.25) is 0 Å². The van der Waals surface area contributed by atoms with Crippen molar-refractivity contribution >= 4 is 0 Å². The first-order valence-corrected chi connectivity index (χ1v) is 34.7. The van der Waals surface area contributed by atoms with E-state index in [2.05, 4.69) is 34.1 Å². The zero-order valence-corrected chi connectivity index (χ0v) is 52.0. The lowest BCUT2D eigenvalue weighted by atomic mass is 10.0. The highest BCUT2D eigenvalue weighted by atomic mass is 15.2. The number of nitrogens with two attached hydrogens (primary N) is 4. The van der Waals surface area contributed by atoms with Gasteiger partial charge in [0.05, 0.1) is 0 Å². The number of rotatable bonds is 68. The van der Waals surface area contributed by atoms with Crippen LogP contribution in [0.1, 0.15) is 334 Å². The van der Waals surface area contributed by atoms with E-state index in [1.54, 1.807) is 0 Å². The molecule has 0 saturated carbocycles. The second-order valence-corrected chi connectivity index (χ2v) is 24.5. The molecule has 0 fully saturated rings. The van der Waals surface area contributed by atoms with Crippen LogP contribution in [0.15, 0.2) is 0 Å². The van der Waals surface area contributed by atoms with E-state index in [1.165, 1.54) is 386 Å². The van der Waals surface area contributed by atoms with Gasteiger partial charge in [-0.25, -0.2) is 0 Å². The van der Waals surface area contributed by atoms with Crippen LogP contribution in [0.25, 0.3) is 0 Å². The number of likely N-dealkylation sites (N-methyl/N-ethyl adjacent to an activating group) is 1. The molecule has 0 aliphatic heterocycles. The Kier molecular flexibility index (Phi) is 65.9. The van der Waals surface area contributed by atoms with Crippen LogP contribution in [0.5, 0.6) is 0 Å². The fraction of sp³-hybridized carbons (Fsp3) is 1.00. The molecule has 0 bridgehead atoms. The number of hydrogen-bond acceptors (Lipinski definition) is 8. The summed E-state index contributed by atoms with van der Waals surface area (Å²) in [5, 5.41) is 3.64. The molecule has 0 aromatic carbocycles. The Bertz CT molecular complexity index is 1000. The van der Waals surface area contributed by atoms with Crippen molar-refractivity contribution in [3.05, 3.63) is 0 Å². The van der Waals surface area contributed by atoms with Crippen LogP contribution in [0.4, 0.5) is 0 Å². The maximum Gasteiger partial charge on any atom is 0.0350 e. The van der Waals surface area contributed by atoms with Crippen LogP contribution in [-0.2, 0) is 0 Å². The lowest BCUT2D eigenvalue weighted by Gasteiger charge is -2.37. The standard InChI is InChI=1S/C67H144N8/c1-73(2)65-67(75(64-54-44-34-29-37-47-57-70)63-53-43-33-26-20-14-10-16-22-28-36-46-56-69)66-74(62-52-42-32-25-19-13-8-5-9-15-21-27-35-45-55-68)61-51-41-31-24-18-12-7-4-3-6-11-17-23-30-39-49-59-72-60-50-40-38-48-58-71/h67,72H,3-66,68-71H2,1-2H3. The van der Waals surface area contributed by atoms with Crippen molar-refractivity contribution in [3.8, 4) is 0 Å². The van der Waals surface area contributed by atoms with Gasteiger partial charge < -0.3 is 38.1 Å². The number of nitrogens with one attached hydrogen (secondary N) is 1. The van der Waals surface area contributed by atoms with Crippen molar-refractivity contribution in [3.63, 3.8) is 0 Å². The lowest BCUT2D eigenvalue weighted by Crippen LogP contribution is -2.50. The molecule has 0 amide bonds. The van der Waals surface area contributed by atoms with Gasteiger partial charge in [-0.15, -0.1) is 0 Å². The van der Waals surface area contributed by atoms with Crippen molar-refractivity contribution in [2.24, 2.45) is 22.9 Å². The molecule has 1 unspecified atom stereocenters. The van der Waals surface area contributed by atoms with Crippen molar-refractivity contribution in [1.82, 2.24) is 20.0 Å². The molecule has 0 radical (unpaired) electrons. The van der Waals surface area contributed by atoms with Gasteiger partial charge in [-0.3, -0.25) is 4.90 Å². The van der Waals surface area contributed by atoms with Crippen LogP contribution in [-0.4, -0.2) is 113 Å². The first-order chi connectivity index (χ1) is 37.1. The molecule has 9 N–H and O–H groups in total. The molecule has 0 aliphatic carbocycles. The molecular weight excluding hydrogens is 917 g/mol. The molecular formula is C67H144N8. The highest BCUT2D eigenvalue weighted by Crippen LogP contribution is 2.19. The summed E-state index contributed by atoms with van der Waals surface area (Å²) < 4.78 is 0. The second kappa shape index (κ2) is 66.2. The minimum atomic E-state index is 0.623. The van der Waals surface area contributed by atoms with E-state index < -0.39 is 0 Å². The first-order valence-electron chi connectivity index (χ1n) is 34.7. The Morgan fingerprint density at radius 3 is 0.667 bits per heavy atom. The molecule has 0 aromatic heterocycles. The monoisotopic (exact) mass is 1060 g/mol. The normalized spacial score (nSPS) is 12.4. The smallest absolute Gasteiger partial charge is 0.0350 e. The van der Waals surface area contributed by atoms with E-state index in [-0.39, 0.29) is 0 Å². The Balaban J connectivity index is 4.93. The van der Waals surface area contributed by atoms with Gasteiger partial charge in [0.15, 0.2) is 0 Å². The third-order valence-electron chi connectivity index (χ3n) is 16.7. The molecule has 0 saturated heterocycles. The van der Waals surface area contributed by atoms with Crippen molar-refractivity contribution < 1.29 is 0 Å². The average molecular weight is 1060 g/mol. The van der Waals surface area contributed by atoms with Crippen LogP contribution in [0.3, 0.4) is 0 Å². The van der Waals surface area contributed by atoms with E-state index in [4.69, 9.17) is 22.9 Å². The van der Waals surface area contributed by atoms with Crippen LogP contribution < -0.4 is 28.3 Å². The Hall–Kier alpha value is -0.320. The molecule has 8 heteroatoms. The van der Waals surface area contributed by atoms with Crippen molar-refractivity contribution in [2.45, 2.75) is 340 Å². The fourth-order valence-corrected chi connectivity index (χ4v) is 11.7. The summed E-state index contributed by atoms with van der Waals surface area (Å²) in [7, 11) is 4.66. The maximum absolute atomic E-state index is 5.83. The number of hydrogen-bond donors (Lipinski definition) is 5. The molecule has 0 heterocycles. The van der Waals surface area contributed by atoms with E-state index >= 15 is 0 Å². The molecule has 0 rings (SSSR count). The van der Waals surface area contributed by atoms with E-state index in [1.807, 2.05) is 0 Å². The summed E-state index contributed by atoms with van der Waals surface area (Å²) in [6, 6.07) is 0.623. The third-order valence-corrected chi connectivity index (χ3v) is 16.7. The molecule has 452 valence electrons. The predicted octanol–water partition coefficient (Wildman–Crippen LogP) is 17.2. The van der Waals surface area contributed by atoms with E-state index in [0.717, 1.165) is 26.2 Å². The summed E-state index contributed by atoms with van der Waals surface area (Å²) in [6.07, 6.45) is 72.3. The Morgan fingerprint density at radius 1 is 0.240 bits per heavy atom. The SMILES string of the molecule is CN(C)CC(CN(CCCCCCCCCCCCCCCCN)CCCCCCCCCCCCCCCCCCNCCCCCCN)N(CCCCCCCCN)CCCCCCCCCCCCCCN. The maximum atomic E-state index is 5.83. The fourth-order valence-electron chi connectivity index (χ4n) is 11.7. The van der Waals surface area contributed by atoms with Crippen LogP contribution >= 0.6 is 0 Å². The average Bonchev–Trinajstić information content (AvgIpc) is 3.40. The summed E-state index contributed by atoms with van der Waals surface area (Å²) in [5.74, 6) is 0. The summed E-state index contributed by atoms with van der Waals surface area (Å²) in [5.41, 5.74) is 22.8. The van der Waals surface area contributed by atoms with E-state index in [9.17, 15) is 0 Å². The second-order valence-electron chi connectivity index (χ2n) is 24.5. The molecule has 0 aromatic rings.